The molecular weight excluding hydrogens is 503 g/mol. The predicted molar refractivity (Wildman–Crippen MR) is 132 cm³/mol. The van der Waals surface area contributed by atoms with Crippen molar-refractivity contribution in [2.45, 2.75) is 6.92 Å². The third kappa shape index (κ3) is 7.12. The van der Waals surface area contributed by atoms with Gasteiger partial charge in [0.05, 0.1) is 28.4 Å². The lowest BCUT2D eigenvalue weighted by Gasteiger charge is -2.12. The van der Waals surface area contributed by atoms with Gasteiger partial charge >= 0.3 is 5.97 Å². The Morgan fingerprint density at radius 2 is 1.68 bits per heavy atom. The fraction of sp³-hybridized carbons (Fsp3) is 0.125. The van der Waals surface area contributed by atoms with Gasteiger partial charge in [0.15, 0.2) is 18.1 Å². The van der Waals surface area contributed by atoms with E-state index in [4.69, 9.17) is 49.0 Å². The molecule has 0 saturated carbocycles. The van der Waals surface area contributed by atoms with Gasteiger partial charge in [0.25, 0.3) is 5.91 Å². The summed E-state index contributed by atoms with van der Waals surface area (Å²) in [5, 5.41) is 4.94. The van der Waals surface area contributed by atoms with Gasteiger partial charge in [-0.25, -0.2) is 10.2 Å². The van der Waals surface area contributed by atoms with Gasteiger partial charge in [0, 0.05) is 5.02 Å². The van der Waals surface area contributed by atoms with E-state index in [9.17, 15) is 9.59 Å². The first-order valence-corrected chi connectivity index (χ1v) is 11.1. The van der Waals surface area contributed by atoms with Crippen LogP contribution in [0.1, 0.15) is 22.8 Å². The van der Waals surface area contributed by atoms with Crippen LogP contribution in [0.2, 0.25) is 15.1 Å². The smallest absolute Gasteiger partial charge is 0.345 e. The molecule has 0 radical (unpaired) electrons. The van der Waals surface area contributed by atoms with Crippen LogP contribution in [-0.4, -0.2) is 31.3 Å². The van der Waals surface area contributed by atoms with Crippen LogP contribution in [0.4, 0.5) is 0 Å². The van der Waals surface area contributed by atoms with Crippen molar-refractivity contribution in [3.8, 4) is 17.2 Å². The first-order chi connectivity index (χ1) is 16.4. The molecule has 0 spiro atoms. The van der Waals surface area contributed by atoms with Crippen molar-refractivity contribution in [2.75, 3.05) is 13.2 Å². The van der Waals surface area contributed by atoms with E-state index in [0.29, 0.717) is 33.7 Å². The molecule has 0 atom stereocenters. The van der Waals surface area contributed by atoms with Gasteiger partial charge in [0.2, 0.25) is 0 Å². The van der Waals surface area contributed by atoms with Gasteiger partial charge in [-0.2, -0.15) is 5.10 Å². The number of nitrogens with zero attached hydrogens (tertiary/aromatic N) is 1. The first-order valence-electron chi connectivity index (χ1n) is 10.0. The molecule has 0 saturated heterocycles. The molecule has 0 unspecified atom stereocenters. The van der Waals surface area contributed by atoms with Gasteiger partial charge in [-0.15, -0.1) is 0 Å². The number of amides is 1. The third-order valence-electron chi connectivity index (χ3n) is 4.22. The molecule has 7 nitrogen and oxygen atoms in total. The van der Waals surface area contributed by atoms with Gasteiger partial charge in [-0.1, -0.05) is 46.9 Å². The Bertz CT molecular complexity index is 1220. The Hall–Kier alpha value is -3.26. The molecule has 0 aliphatic rings. The largest absolute Gasteiger partial charge is 0.490 e. The number of rotatable bonds is 9. The molecule has 1 amide bonds. The second-order valence-corrected chi connectivity index (χ2v) is 7.92. The summed E-state index contributed by atoms with van der Waals surface area (Å²) in [4.78, 5) is 24.4. The van der Waals surface area contributed by atoms with E-state index in [0.717, 1.165) is 0 Å². The number of ether oxygens (including phenoxy) is 3. The van der Waals surface area contributed by atoms with E-state index in [-0.39, 0.29) is 22.9 Å². The summed E-state index contributed by atoms with van der Waals surface area (Å²) in [6.45, 7) is 1.85. The Morgan fingerprint density at radius 3 is 2.41 bits per heavy atom. The number of hydrogen-bond acceptors (Lipinski definition) is 6. The molecule has 0 aliphatic heterocycles. The monoisotopic (exact) mass is 520 g/mol. The minimum Gasteiger partial charge on any atom is -0.490 e. The number of carbonyl (C=O) groups is 2. The van der Waals surface area contributed by atoms with E-state index in [1.165, 1.54) is 12.3 Å². The maximum Gasteiger partial charge on any atom is 0.345 e. The van der Waals surface area contributed by atoms with Crippen LogP contribution in [0.3, 0.4) is 0 Å². The van der Waals surface area contributed by atoms with Crippen molar-refractivity contribution < 1.29 is 23.8 Å². The number of benzene rings is 3. The highest BCUT2D eigenvalue weighted by Gasteiger charge is 2.15. The highest BCUT2D eigenvalue weighted by Crippen LogP contribution is 2.30. The number of hydrogen-bond donors (Lipinski definition) is 1. The number of hydrazone groups is 1. The summed E-state index contributed by atoms with van der Waals surface area (Å²) in [6.07, 6.45) is 1.41. The summed E-state index contributed by atoms with van der Waals surface area (Å²) in [7, 11) is 0. The van der Waals surface area contributed by atoms with Gasteiger partial charge < -0.3 is 14.2 Å². The second-order valence-electron chi connectivity index (χ2n) is 6.67. The Kier molecular flexibility index (Phi) is 9.16. The molecule has 0 heterocycles. The topological polar surface area (TPSA) is 86.2 Å². The third-order valence-corrected chi connectivity index (χ3v) is 5.08. The molecule has 0 fully saturated rings. The van der Waals surface area contributed by atoms with Crippen LogP contribution >= 0.6 is 34.8 Å². The average Bonchev–Trinajstić information content (AvgIpc) is 2.80. The maximum atomic E-state index is 12.5. The molecular formula is C24H19Cl3N2O5. The average molecular weight is 522 g/mol. The van der Waals surface area contributed by atoms with Crippen LogP contribution < -0.4 is 19.6 Å². The molecule has 0 aromatic heterocycles. The van der Waals surface area contributed by atoms with Gasteiger partial charge in [-0.3, -0.25) is 4.79 Å². The normalized spacial score (nSPS) is 10.7. The lowest BCUT2D eigenvalue weighted by molar-refractivity contribution is -0.123. The van der Waals surface area contributed by atoms with Crippen molar-refractivity contribution in [2.24, 2.45) is 5.10 Å². The zero-order valence-corrected chi connectivity index (χ0v) is 20.2. The molecule has 1 N–H and O–H groups in total. The minimum atomic E-state index is -0.610. The van der Waals surface area contributed by atoms with Crippen molar-refractivity contribution in [3.05, 3.63) is 86.9 Å². The van der Waals surface area contributed by atoms with Crippen LogP contribution in [0.15, 0.2) is 65.8 Å². The highest BCUT2D eigenvalue weighted by atomic mass is 35.5. The van der Waals surface area contributed by atoms with Crippen molar-refractivity contribution >= 4 is 52.9 Å². The van der Waals surface area contributed by atoms with E-state index in [2.05, 4.69) is 10.5 Å². The SMILES string of the molecule is CCOc1cc(C=NNC(=O)COc2ccc(Cl)cc2Cl)ccc1OC(=O)c1ccccc1Cl. The summed E-state index contributed by atoms with van der Waals surface area (Å²) in [5.74, 6) is -0.216. The summed E-state index contributed by atoms with van der Waals surface area (Å²) < 4.78 is 16.4. The summed E-state index contributed by atoms with van der Waals surface area (Å²) in [6, 6.07) is 16.1. The van der Waals surface area contributed by atoms with Gasteiger partial charge in [-0.05, 0) is 61.0 Å². The summed E-state index contributed by atoms with van der Waals surface area (Å²) in [5.41, 5.74) is 3.19. The molecule has 10 heteroatoms. The molecule has 0 bridgehead atoms. The molecule has 34 heavy (non-hydrogen) atoms. The number of esters is 1. The van der Waals surface area contributed by atoms with E-state index >= 15 is 0 Å². The Morgan fingerprint density at radius 1 is 0.912 bits per heavy atom. The molecule has 3 rings (SSSR count). The predicted octanol–water partition coefficient (Wildman–Crippen LogP) is 5.79. The van der Waals surface area contributed by atoms with E-state index in [1.54, 1.807) is 61.5 Å². The number of carbonyl (C=O) groups excluding carboxylic acids is 2. The molecule has 3 aromatic carbocycles. The molecule has 3 aromatic rings. The molecule has 176 valence electrons. The van der Waals surface area contributed by atoms with E-state index < -0.39 is 11.9 Å². The first kappa shape index (κ1) is 25.4. The van der Waals surface area contributed by atoms with Crippen LogP contribution in [0.25, 0.3) is 0 Å². The van der Waals surface area contributed by atoms with Crippen molar-refractivity contribution in [1.82, 2.24) is 5.43 Å². The Labute approximate surface area is 211 Å². The van der Waals surface area contributed by atoms with Gasteiger partial charge in [0.1, 0.15) is 5.75 Å². The van der Waals surface area contributed by atoms with Crippen LogP contribution in [-0.2, 0) is 4.79 Å². The quantitative estimate of drug-likeness (QED) is 0.167. The van der Waals surface area contributed by atoms with E-state index in [1.807, 2.05) is 0 Å². The number of nitrogens with one attached hydrogen (secondary N) is 1. The fourth-order valence-corrected chi connectivity index (χ4v) is 3.36. The zero-order valence-electron chi connectivity index (χ0n) is 17.9. The summed E-state index contributed by atoms with van der Waals surface area (Å²) >= 11 is 17.9. The lowest BCUT2D eigenvalue weighted by atomic mass is 10.2. The van der Waals surface area contributed by atoms with Crippen LogP contribution in [0, 0.1) is 0 Å². The highest BCUT2D eigenvalue weighted by molar-refractivity contribution is 6.35. The van der Waals surface area contributed by atoms with Crippen molar-refractivity contribution in [1.29, 1.82) is 0 Å². The lowest BCUT2D eigenvalue weighted by Crippen LogP contribution is -2.24. The second kappa shape index (κ2) is 12.3. The zero-order chi connectivity index (χ0) is 24.5. The minimum absolute atomic E-state index is 0.223. The molecule has 0 aliphatic carbocycles. The maximum absolute atomic E-state index is 12.5. The number of halogens is 3. The Balaban J connectivity index is 1.61. The standard InChI is InChI=1S/C24H19Cl3N2O5/c1-2-32-22-11-15(7-9-21(22)34-24(31)17-5-3-4-6-18(17)26)13-28-29-23(30)14-33-20-10-8-16(25)12-19(20)27/h3-13H,2,14H2,1H3,(H,29,30). The van der Waals surface area contributed by atoms with Crippen LogP contribution in [0.5, 0.6) is 17.2 Å². The fourth-order valence-electron chi connectivity index (χ4n) is 2.69. The van der Waals surface area contributed by atoms with Crippen molar-refractivity contribution in [3.63, 3.8) is 0 Å².